The minimum atomic E-state index is -4.53. The molecule has 9 nitrogen and oxygen atoms in total. The Bertz CT molecular complexity index is 1760. The summed E-state index contributed by atoms with van der Waals surface area (Å²) in [6, 6.07) is 9.99. The van der Waals surface area contributed by atoms with Crippen molar-refractivity contribution in [1.29, 1.82) is 0 Å². The van der Waals surface area contributed by atoms with Crippen molar-refractivity contribution in [3.05, 3.63) is 82.4 Å². The molecule has 0 unspecified atom stereocenters. The van der Waals surface area contributed by atoms with E-state index in [2.05, 4.69) is 19.9 Å². The molecule has 39 heavy (non-hydrogen) atoms. The molecular formula is C27H22F3N7O2. The zero-order chi connectivity index (χ0) is 27.3. The van der Waals surface area contributed by atoms with Gasteiger partial charge in [-0.2, -0.15) is 13.2 Å². The number of rotatable bonds is 6. The number of benzene rings is 1. The summed E-state index contributed by atoms with van der Waals surface area (Å²) in [7, 11) is 3.04. The summed E-state index contributed by atoms with van der Waals surface area (Å²) in [5.41, 5.74) is 1.95. The third kappa shape index (κ3) is 4.62. The largest absolute Gasteiger partial charge is 0.480 e. The van der Waals surface area contributed by atoms with Crippen molar-refractivity contribution in [1.82, 2.24) is 34.1 Å². The molecule has 0 N–H and O–H groups in total. The lowest BCUT2D eigenvalue weighted by molar-refractivity contribution is -0.140. The topological polar surface area (TPSA) is 101 Å². The molecule has 1 aromatic carbocycles. The van der Waals surface area contributed by atoms with Crippen LogP contribution in [0.15, 0.2) is 59.9 Å². The standard InChI is InChI=1S/C27H22F3N7O2/c1-36-13-19(27(28,29)30)34-24(36)17-5-3-15(4-6-17)12-37-20(38)10-9-18-11-31-23(35-25(18)37)21-22(16-7-8-16)32-14-33-26(21)39-2/h3-6,9-11,13-14,16H,7-8,12H2,1-2H3. The van der Waals surface area contributed by atoms with E-state index in [0.717, 1.165) is 30.3 Å². The van der Waals surface area contributed by atoms with E-state index in [-0.39, 0.29) is 17.9 Å². The number of aryl methyl sites for hydroxylation is 1. The van der Waals surface area contributed by atoms with E-state index in [0.29, 0.717) is 39.8 Å². The van der Waals surface area contributed by atoms with Crippen LogP contribution in [0, 0.1) is 0 Å². The van der Waals surface area contributed by atoms with Crippen LogP contribution >= 0.6 is 0 Å². The van der Waals surface area contributed by atoms with Crippen LogP contribution in [0.3, 0.4) is 0 Å². The van der Waals surface area contributed by atoms with E-state index in [1.165, 1.54) is 35.7 Å². The first kappa shape index (κ1) is 24.7. The minimum Gasteiger partial charge on any atom is -0.480 e. The van der Waals surface area contributed by atoms with Gasteiger partial charge in [0.1, 0.15) is 23.4 Å². The van der Waals surface area contributed by atoms with E-state index in [1.54, 1.807) is 36.5 Å². The van der Waals surface area contributed by atoms with Gasteiger partial charge in [-0.1, -0.05) is 24.3 Å². The maximum Gasteiger partial charge on any atom is 0.434 e. The Balaban J connectivity index is 1.38. The minimum absolute atomic E-state index is 0.194. The lowest BCUT2D eigenvalue weighted by Gasteiger charge is -2.13. The van der Waals surface area contributed by atoms with Crippen molar-refractivity contribution in [2.45, 2.75) is 31.5 Å². The average Bonchev–Trinajstić information content (AvgIpc) is 3.70. The smallest absolute Gasteiger partial charge is 0.434 e. The fourth-order valence-electron chi connectivity index (χ4n) is 4.57. The molecule has 0 radical (unpaired) electrons. The molecule has 1 saturated carbocycles. The summed E-state index contributed by atoms with van der Waals surface area (Å²) in [6.45, 7) is 0.194. The molecule has 0 amide bonds. The summed E-state index contributed by atoms with van der Waals surface area (Å²) >= 11 is 0. The van der Waals surface area contributed by atoms with E-state index >= 15 is 0 Å². The van der Waals surface area contributed by atoms with Gasteiger partial charge in [0.15, 0.2) is 11.5 Å². The number of pyridine rings is 1. The Hall–Kier alpha value is -4.61. The monoisotopic (exact) mass is 533 g/mol. The molecule has 12 heteroatoms. The van der Waals surface area contributed by atoms with Crippen LogP contribution in [0.5, 0.6) is 5.88 Å². The lowest BCUT2D eigenvalue weighted by atomic mass is 10.1. The maximum absolute atomic E-state index is 13.1. The Morgan fingerprint density at radius 2 is 1.79 bits per heavy atom. The summed E-state index contributed by atoms with van der Waals surface area (Å²) < 4.78 is 47.6. The van der Waals surface area contributed by atoms with Crippen LogP contribution < -0.4 is 10.3 Å². The zero-order valence-corrected chi connectivity index (χ0v) is 21.0. The van der Waals surface area contributed by atoms with Crippen LogP contribution in [-0.4, -0.2) is 41.2 Å². The van der Waals surface area contributed by atoms with Crippen molar-refractivity contribution < 1.29 is 17.9 Å². The molecule has 0 bridgehead atoms. The summed E-state index contributed by atoms with van der Waals surface area (Å²) in [5, 5.41) is 0.673. The van der Waals surface area contributed by atoms with Crippen LogP contribution in [0.2, 0.25) is 0 Å². The second-order valence-corrected chi connectivity index (χ2v) is 9.40. The third-order valence-corrected chi connectivity index (χ3v) is 6.67. The van der Waals surface area contributed by atoms with Crippen molar-refractivity contribution in [2.24, 2.45) is 7.05 Å². The summed E-state index contributed by atoms with van der Waals surface area (Å²) in [5.74, 6) is 1.22. The lowest BCUT2D eigenvalue weighted by Crippen LogP contribution is -2.21. The van der Waals surface area contributed by atoms with Gasteiger partial charge >= 0.3 is 6.18 Å². The van der Waals surface area contributed by atoms with Gasteiger partial charge in [0, 0.05) is 42.4 Å². The highest BCUT2D eigenvalue weighted by Crippen LogP contribution is 2.44. The Labute approximate surface area is 220 Å². The first-order valence-corrected chi connectivity index (χ1v) is 12.2. The predicted molar refractivity (Wildman–Crippen MR) is 136 cm³/mol. The Morgan fingerprint density at radius 3 is 2.46 bits per heavy atom. The van der Waals surface area contributed by atoms with E-state index in [4.69, 9.17) is 9.72 Å². The zero-order valence-electron chi connectivity index (χ0n) is 21.0. The molecule has 198 valence electrons. The van der Waals surface area contributed by atoms with Crippen molar-refractivity contribution in [3.8, 4) is 28.7 Å². The second kappa shape index (κ2) is 9.29. The van der Waals surface area contributed by atoms with Gasteiger partial charge in [-0.25, -0.2) is 24.9 Å². The average molecular weight is 534 g/mol. The molecule has 1 aliphatic carbocycles. The van der Waals surface area contributed by atoms with Crippen LogP contribution in [-0.2, 0) is 19.8 Å². The molecule has 6 rings (SSSR count). The quantitative estimate of drug-likeness (QED) is 0.314. The normalized spacial score (nSPS) is 13.7. The molecule has 4 aromatic heterocycles. The molecule has 1 aliphatic rings. The molecule has 4 heterocycles. The van der Waals surface area contributed by atoms with Gasteiger partial charge in [-0.3, -0.25) is 9.36 Å². The van der Waals surface area contributed by atoms with Crippen molar-refractivity contribution in [2.75, 3.05) is 7.11 Å². The Morgan fingerprint density at radius 1 is 1.03 bits per heavy atom. The fourth-order valence-corrected chi connectivity index (χ4v) is 4.57. The fraction of sp³-hybridized carbons (Fsp3) is 0.259. The molecule has 0 aliphatic heterocycles. The molecule has 5 aromatic rings. The highest BCUT2D eigenvalue weighted by Gasteiger charge is 2.34. The maximum atomic E-state index is 13.1. The number of ether oxygens (including phenoxy) is 1. The van der Waals surface area contributed by atoms with E-state index in [1.807, 2.05) is 0 Å². The number of halogens is 3. The van der Waals surface area contributed by atoms with E-state index in [9.17, 15) is 18.0 Å². The predicted octanol–water partition coefficient (Wildman–Crippen LogP) is 4.60. The summed E-state index contributed by atoms with van der Waals surface area (Å²) in [6.07, 6.45) is 1.57. The number of imidazole rings is 1. The SMILES string of the molecule is COc1ncnc(C2CC2)c1-c1ncc2ccc(=O)n(Cc3ccc(-c4nc(C(F)(F)F)cn4C)cc3)c2n1. The number of aromatic nitrogens is 7. The third-order valence-electron chi connectivity index (χ3n) is 6.67. The number of methoxy groups -OCH3 is 1. The second-order valence-electron chi connectivity index (χ2n) is 9.40. The highest BCUT2D eigenvalue weighted by molar-refractivity contribution is 5.78. The van der Waals surface area contributed by atoms with Gasteiger partial charge in [0.2, 0.25) is 5.88 Å². The summed E-state index contributed by atoms with van der Waals surface area (Å²) in [4.78, 5) is 34.7. The van der Waals surface area contributed by atoms with Gasteiger partial charge < -0.3 is 9.30 Å². The highest BCUT2D eigenvalue weighted by atomic mass is 19.4. The molecule has 0 saturated heterocycles. The number of nitrogens with zero attached hydrogens (tertiary/aromatic N) is 7. The van der Waals surface area contributed by atoms with Crippen LogP contribution in [0.1, 0.15) is 35.7 Å². The molecule has 0 atom stereocenters. The number of alkyl halides is 3. The van der Waals surface area contributed by atoms with Crippen molar-refractivity contribution >= 4 is 11.0 Å². The number of fused-ring (bicyclic) bond motifs is 1. The van der Waals surface area contributed by atoms with Gasteiger partial charge in [-0.15, -0.1) is 0 Å². The van der Waals surface area contributed by atoms with Gasteiger partial charge in [-0.05, 0) is 24.5 Å². The first-order chi connectivity index (χ1) is 18.7. The van der Waals surface area contributed by atoms with Gasteiger partial charge in [0.25, 0.3) is 5.56 Å². The number of hydrogen-bond acceptors (Lipinski definition) is 7. The molecule has 0 spiro atoms. The molecule has 1 fully saturated rings. The van der Waals surface area contributed by atoms with E-state index < -0.39 is 11.9 Å². The van der Waals surface area contributed by atoms with Crippen LogP contribution in [0.25, 0.3) is 33.8 Å². The molecular weight excluding hydrogens is 511 g/mol. The Kier molecular flexibility index (Phi) is 5.89. The van der Waals surface area contributed by atoms with Gasteiger partial charge in [0.05, 0.1) is 19.3 Å². The number of hydrogen-bond donors (Lipinski definition) is 0. The first-order valence-electron chi connectivity index (χ1n) is 12.2. The van der Waals surface area contributed by atoms with Crippen molar-refractivity contribution in [3.63, 3.8) is 0 Å². The van der Waals surface area contributed by atoms with Crippen LogP contribution in [0.4, 0.5) is 13.2 Å².